The van der Waals surface area contributed by atoms with Crippen molar-refractivity contribution in [2.75, 3.05) is 28.6 Å². The Labute approximate surface area is 162 Å². The molecule has 1 aliphatic carbocycles. The summed E-state index contributed by atoms with van der Waals surface area (Å²) >= 11 is 0. The van der Waals surface area contributed by atoms with Crippen molar-refractivity contribution in [3.63, 3.8) is 0 Å². The highest BCUT2D eigenvalue weighted by Gasteiger charge is 2.16. The van der Waals surface area contributed by atoms with E-state index in [1.165, 1.54) is 50.6 Å². The van der Waals surface area contributed by atoms with Gasteiger partial charge in [0.2, 0.25) is 5.95 Å². The van der Waals surface area contributed by atoms with Crippen molar-refractivity contribution in [2.24, 2.45) is 5.92 Å². The molecule has 0 radical (unpaired) electrons. The molecule has 1 aromatic carbocycles. The summed E-state index contributed by atoms with van der Waals surface area (Å²) in [5.74, 6) is 2.42. The van der Waals surface area contributed by atoms with Crippen LogP contribution >= 0.6 is 0 Å². The monoisotopic (exact) mass is 365 g/mol. The first kappa shape index (κ1) is 18.1. The topological polar surface area (TPSA) is 53.1 Å². The number of hydrogen-bond acceptors (Lipinski definition) is 5. The van der Waals surface area contributed by atoms with Crippen LogP contribution < -0.4 is 15.5 Å². The third kappa shape index (κ3) is 4.90. The molecule has 5 nitrogen and oxygen atoms in total. The Bertz CT molecular complexity index is 716. The molecule has 0 atom stereocenters. The third-order valence-corrected chi connectivity index (χ3v) is 5.88. The van der Waals surface area contributed by atoms with Crippen molar-refractivity contribution in [1.82, 2.24) is 9.97 Å². The molecule has 4 rings (SSSR count). The molecular weight excluding hydrogens is 334 g/mol. The summed E-state index contributed by atoms with van der Waals surface area (Å²) in [6.45, 7) is 4.67. The van der Waals surface area contributed by atoms with Gasteiger partial charge in [0, 0.05) is 36.7 Å². The zero-order valence-electron chi connectivity index (χ0n) is 16.3. The Kier molecular flexibility index (Phi) is 5.75. The normalized spacial score (nSPS) is 19.1. The van der Waals surface area contributed by atoms with Gasteiger partial charge in [-0.15, -0.1) is 0 Å². The second kappa shape index (κ2) is 8.59. The summed E-state index contributed by atoms with van der Waals surface area (Å²) in [6, 6.07) is 11.1. The molecule has 27 heavy (non-hydrogen) atoms. The molecule has 0 spiro atoms. The first-order valence-corrected chi connectivity index (χ1v) is 10.5. The fourth-order valence-electron chi connectivity index (χ4n) is 4.11. The molecule has 5 heteroatoms. The summed E-state index contributed by atoms with van der Waals surface area (Å²) < 4.78 is 0. The highest BCUT2D eigenvalue weighted by atomic mass is 15.2. The molecule has 1 saturated carbocycles. The number of nitrogens with one attached hydrogen (secondary N) is 2. The number of nitrogens with zero attached hydrogens (tertiary/aromatic N) is 3. The SMILES string of the molecule is CC1CCN(c2ccc(Nc3nccc(NC4CCCCC4)n3)cc2)CC1. The lowest BCUT2D eigenvalue weighted by Gasteiger charge is -2.32. The van der Waals surface area contributed by atoms with Crippen LogP contribution in [0.2, 0.25) is 0 Å². The smallest absolute Gasteiger partial charge is 0.229 e. The summed E-state index contributed by atoms with van der Waals surface area (Å²) in [5, 5.41) is 6.90. The van der Waals surface area contributed by atoms with Crippen molar-refractivity contribution in [2.45, 2.75) is 57.9 Å². The van der Waals surface area contributed by atoms with Crippen LogP contribution in [0.15, 0.2) is 36.5 Å². The van der Waals surface area contributed by atoms with Gasteiger partial charge in [0.15, 0.2) is 0 Å². The van der Waals surface area contributed by atoms with Crippen molar-refractivity contribution in [3.05, 3.63) is 36.5 Å². The van der Waals surface area contributed by atoms with E-state index < -0.39 is 0 Å². The Morgan fingerprint density at radius 1 is 0.926 bits per heavy atom. The van der Waals surface area contributed by atoms with Crippen LogP contribution in [0, 0.1) is 5.92 Å². The molecule has 2 heterocycles. The van der Waals surface area contributed by atoms with Gasteiger partial charge in [-0.1, -0.05) is 26.2 Å². The van der Waals surface area contributed by atoms with E-state index in [4.69, 9.17) is 0 Å². The van der Waals surface area contributed by atoms with Crippen LogP contribution in [0.3, 0.4) is 0 Å². The van der Waals surface area contributed by atoms with Gasteiger partial charge in [-0.3, -0.25) is 0 Å². The van der Waals surface area contributed by atoms with Crippen LogP contribution in [0.25, 0.3) is 0 Å². The van der Waals surface area contributed by atoms with E-state index in [0.717, 1.165) is 30.5 Å². The van der Waals surface area contributed by atoms with Gasteiger partial charge in [0.25, 0.3) is 0 Å². The lowest BCUT2D eigenvalue weighted by atomic mass is 9.95. The number of piperidine rings is 1. The van der Waals surface area contributed by atoms with Crippen molar-refractivity contribution in [1.29, 1.82) is 0 Å². The Balaban J connectivity index is 1.36. The van der Waals surface area contributed by atoms with E-state index in [0.29, 0.717) is 12.0 Å². The summed E-state index contributed by atoms with van der Waals surface area (Å²) in [7, 11) is 0. The number of anilines is 4. The predicted octanol–water partition coefficient (Wildman–Crippen LogP) is 5.20. The van der Waals surface area contributed by atoms with E-state index in [1.54, 1.807) is 0 Å². The molecule has 0 amide bonds. The van der Waals surface area contributed by atoms with Gasteiger partial charge in [-0.2, -0.15) is 4.98 Å². The van der Waals surface area contributed by atoms with Crippen LogP contribution in [-0.2, 0) is 0 Å². The molecule has 144 valence electrons. The average molecular weight is 366 g/mol. The number of aromatic nitrogens is 2. The van der Waals surface area contributed by atoms with E-state index in [1.807, 2.05) is 12.3 Å². The maximum atomic E-state index is 4.64. The minimum atomic E-state index is 0.549. The molecular formula is C22H31N5. The number of benzene rings is 1. The largest absolute Gasteiger partial charge is 0.372 e. The van der Waals surface area contributed by atoms with Gasteiger partial charge < -0.3 is 15.5 Å². The van der Waals surface area contributed by atoms with E-state index in [9.17, 15) is 0 Å². The highest BCUT2D eigenvalue weighted by molar-refractivity contribution is 5.60. The van der Waals surface area contributed by atoms with Crippen LogP contribution in [0.1, 0.15) is 51.9 Å². The molecule has 1 aromatic heterocycles. The summed E-state index contributed by atoms with van der Waals surface area (Å²) in [4.78, 5) is 11.5. The van der Waals surface area contributed by atoms with Crippen LogP contribution in [0.4, 0.5) is 23.1 Å². The average Bonchev–Trinajstić information content (AvgIpc) is 2.70. The highest BCUT2D eigenvalue weighted by Crippen LogP contribution is 2.25. The number of hydrogen-bond donors (Lipinski definition) is 2. The van der Waals surface area contributed by atoms with Crippen molar-refractivity contribution in [3.8, 4) is 0 Å². The minimum Gasteiger partial charge on any atom is -0.372 e. The lowest BCUT2D eigenvalue weighted by Crippen LogP contribution is -2.32. The zero-order valence-corrected chi connectivity index (χ0v) is 16.3. The van der Waals surface area contributed by atoms with Crippen molar-refractivity contribution >= 4 is 23.1 Å². The molecule has 2 N–H and O–H groups in total. The van der Waals surface area contributed by atoms with Crippen molar-refractivity contribution < 1.29 is 0 Å². The fraction of sp³-hybridized carbons (Fsp3) is 0.545. The van der Waals surface area contributed by atoms with E-state index >= 15 is 0 Å². The van der Waals surface area contributed by atoms with Crippen LogP contribution in [-0.4, -0.2) is 29.1 Å². The first-order valence-electron chi connectivity index (χ1n) is 10.5. The second-order valence-corrected chi connectivity index (χ2v) is 8.09. The second-order valence-electron chi connectivity index (χ2n) is 8.09. The molecule has 1 aliphatic heterocycles. The summed E-state index contributed by atoms with van der Waals surface area (Å²) in [5.41, 5.74) is 2.33. The van der Waals surface area contributed by atoms with E-state index in [-0.39, 0.29) is 0 Å². The summed E-state index contributed by atoms with van der Waals surface area (Å²) in [6.07, 6.45) is 10.9. The van der Waals surface area contributed by atoms with E-state index in [2.05, 4.69) is 56.7 Å². The molecule has 2 fully saturated rings. The fourth-order valence-corrected chi connectivity index (χ4v) is 4.11. The molecule has 1 saturated heterocycles. The predicted molar refractivity (Wildman–Crippen MR) is 113 cm³/mol. The Morgan fingerprint density at radius 2 is 1.67 bits per heavy atom. The van der Waals surface area contributed by atoms with Gasteiger partial charge in [0.1, 0.15) is 5.82 Å². The number of rotatable bonds is 5. The molecule has 0 unspecified atom stereocenters. The Morgan fingerprint density at radius 3 is 2.41 bits per heavy atom. The van der Waals surface area contributed by atoms with Crippen LogP contribution in [0.5, 0.6) is 0 Å². The van der Waals surface area contributed by atoms with Gasteiger partial charge in [-0.25, -0.2) is 4.98 Å². The third-order valence-electron chi connectivity index (χ3n) is 5.88. The van der Waals surface area contributed by atoms with Gasteiger partial charge >= 0.3 is 0 Å². The molecule has 2 aromatic rings. The maximum Gasteiger partial charge on any atom is 0.229 e. The zero-order chi connectivity index (χ0) is 18.5. The standard InChI is InChI=1S/C22H31N5/c1-17-12-15-27(16-13-17)20-9-7-19(8-10-20)25-22-23-14-11-21(26-22)24-18-5-3-2-4-6-18/h7-11,14,17-18H,2-6,12-13,15-16H2,1H3,(H2,23,24,25,26). The molecule has 0 bridgehead atoms. The van der Waals surface area contributed by atoms with Gasteiger partial charge in [-0.05, 0) is 61.9 Å². The minimum absolute atomic E-state index is 0.549. The Hall–Kier alpha value is -2.30. The van der Waals surface area contributed by atoms with Gasteiger partial charge in [0.05, 0.1) is 0 Å². The maximum absolute atomic E-state index is 4.64. The first-order chi connectivity index (χ1) is 13.3. The lowest BCUT2D eigenvalue weighted by molar-refractivity contribution is 0.438. The quantitative estimate of drug-likeness (QED) is 0.762. The molecule has 2 aliphatic rings.